The van der Waals surface area contributed by atoms with Gasteiger partial charge in [0.2, 0.25) is 0 Å². The van der Waals surface area contributed by atoms with E-state index in [1.54, 1.807) is 15.6 Å². The maximum absolute atomic E-state index is 12.2. The first-order valence-electron chi connectivity index (χ1n) is 8.14. The first kappa shape index (κ1) is 20.2. The van der Waals surface area contributed by atoms with Gasteiger partial charge in [-0.15, -0.1) is 35.3 Å². The fourth-order valence-corrected chi connectivity index (χ4v) is 5.13. The number of ether oxygens (including phenoxy) is 1. The van der Waals surface area contributed by atoms with Crippen molar-refractivity contribution in [3.8, 4) is 5.75 Å². The Morgan fingerprint density at radius 1 is 1.07 bits per heavy atom. The van der Waals surface area contributed by atoms with Crippen LogP contribution in [0.25, 0.3) is 0 Å². The van der Waals surface area contributed by atoms with Gasteiger partial charge in [0.1, 0.15) is 5.75 Å². The zero-order valence-electron chi connectivity index (χ0n) is 14.7. The third-order valence-corrected chi connectivity index (χ3v) is 7.38. The van der Waals surface area contributed by atoms with Crippen LogP contribution in [0.4, 0.5) is 18.3 Å². The Bertz CT molecular complexity index is 769. The monoisotopic (exact) mass is 423 g/mol. The SMILES string of the molecule is Cc1nc(N2CCN(S(O)(O)c3ccc(OC(F)(F)F)cc3)CC2)sc1C. The van der Waals surface area contributed by atoms with E-state index in [4.69, 9.17) is 0 Å². The molecule has 1 saturated heterocycles. The second kappa shape index (κ2) is 7.47. The highest BCUT2D eigenvalue weighted by molar-refractivity contribution is 8.22. The van der Waals surface area contributed by atoms with Gasteiger partial charge in [-0.3, -0.25) is 9.11 Å². The Hall–Kier alpha value is -1.53. The lowest BCUT2D eigenvalue weighted by Crippen LogP contribution is -2.47. The van der Waals surface area contributed by atoms with Gasteiger partial charge in [-0.05, 0) is 38.1 Å². The molecule has 27 heavy (non-hydrogen) atoms. The number of aromatic nitrogens is 1. The number of alkyl halides is 3. The summed E-state index contributed by atoms with van der Waals surface area (Å²) in [4.78, 5) is 7.92. The van der Waals surface area contributed by atoms with Crippen LogP contribution in [-0.2, 0) is 0 Å². The molecule has 1 aliphatic heterocycles. The minimum Gasteiger partial charge on any atom is -0.406 e. The summed E-state index contributed by atoms with van der Waals surface area (Å²) in [5.74, 6) is -0.402. The van der Waals surface area contributed by atoms with Crippen LogP contribution in [-0.4, -0.2) is 50.9 Å². The lowest BCUT2D eigenvalue weighted by molar-refractivity contribution is -0.274. The van der Waals surface area contributed by atoms with Gasteiger partial charge in [-0.1, -0.05) is 0 Å². The molecule has 0 aliphatic carbocycles. The molecule has 1 aromatic heterocycles. The van der Waals surface area contributed by atoms with Gasteiger partial charge in [0.05, 0.1) is 10.6 Å². The highest BCUT2D eigenvalue weighted by Gasteiger charge is 2.32. The van der Waals surface area contributed by atoms with Crippen molar-refractivity contribution < 1.29 is 27.0 Å². The molecule has 2 N–H and O–H groups in total. The number of anilines is 1. The molecule has 6 nitrogen and oxygen atoms in total. The summed E-state index contributed by atoms with van der Waals surface area (Å²) in [6.45, 7) is 5.93. The zero-order valence-corrected chi connectivity index (χ0v) is 16.4. The van der Waals surface area contributed by atoms with E-state index in [1.807, 2.05) is 13.8 Å². The molecule has 11 heteroatoms. The van der Waals surface area contributed by atoms with Gasteiger partial charge in [0.25, 0.3) is 0 Å². The summed E-state index contributed by atoms with van der Waals surface area (Å²) in [6, 6.07) is 4.65. The van der Waals surface area contributed by atoms with E-state index in [9.17, 15) is 22.3 Å². The Balaban J connectivity index is 1.65. The number of halogens is 3. The molecule has 3 rings (SSSR count). The number of piperazine rings is 1. The summed E-state index contributed by atoms with van der Waals surface area (Å²) in [5, 5.41) is 0.912. The van der Waals surface area contributed by atoms with Gasteiger partial charge in [-0.2, -0.15) is 4.31 Å². The van der Waals surface area contributed by atoms with Crippen LogP contribution < -0.4 is 9.64 Å². The minimum absolute atomic E-state index is 0.159. The van der Waals surface area contributed by atoms with Crippen molar-refractivity contribution in [2.45, 2.75) is 25.1 Å². The molecular formula is C16H20F3N3O3S2. The number of nitrogens with zero attached hydrogens (tertiary/aromatic N) is 3. The smallest absolute Gasteiger partial charge is 0.406 e. The fraction of sp³-hybridized carbons (Fsp3) is 0.438. The van der Waals surface area contributed by atoms with E-state index in [0.29, 0.717) is 26.2 Å². The summed E-state index contributed by atoms with van der Waals surface area (Å²) < 4.78 is 63.3. The highest BCUT2D eigenvalue weighted by atomic mass is 32.3. The van der Waals surface area contributed by atoms with Crippen LogP contribution in [0, 0.1) is 13.8 Å². The molecule has 0 radical (unpaired) electrons. The van der Waals surface area contributed by atoms with Crippen LogP contribution in [0.1, 0.15) is 10.6 Å². The van der Waals surface area contributed by atoms with E-state index in [0.717, 1.165) is 27.8 Å². The van der Waals surface area contributed by atoms with Crippen LogP contribution in [0.15, 0.2) is 29.2 Å². The Labute approximate surface area is 160 Å². The van der Waals surface area contributed by atoms with Crippen molar-refractivity contribution in [3.05, 3.63) is 34.8 Å². The van der Waals surface area contributed by atoms with Crippen LogP contribution >= 0.6 is 22.1 Å². The molecule has 0 bridgehead atoms. The van der Waals surface area contributed by atoms with E-state index in [-0.39, 0.29) is 4.90 Å². The van der Waals surface area contributed by atoms with Crippen LogP contribution in [0.5, 0.6) is 5.75 Å². The maximum atomic E-state index is 12.2. The molecule has 150 valence electrons. The number of rotatable bonds is 4. The van der Waals surface area contributed by atoms with Crippen LogP contribution in [0.2, 0.25) is 0 Å². The molecule has 0 saturated carbocycles. The van der Waals surface area contributed by atoms with Crippen molar-refractivity contribution >= 4 is 27.2 Å². The van der Waals surface area contributed by atoms with Crippen molar-refractivity contribution in [3.63, 3.8) is 0 Å². The second-order valence-corrected chi connectivity index (χ2v) is 9.30. The first-order chi connectivity index (χ1) is 12.6. The summed E-state index contributed by atoms with van der Waals surface area (Å²) in [6.07, 6.45) is -4.78. The average Bonchev–Trinajstić information content (AvgIpc) is 2.93. The largest absolute Gasteiger partial charge is 0.573 e. The maximum Gasteiger partial charge on any atom is 0.573 e. The Kier molecular flexibility index (Phi) is 5.59. The first-order valence-corrected chi connectivity index (χ1v) is 10.5. The normalized spacial score (nSPS) is 17.2. The molecule has 2 aromatic rings. The number of hydrogen-bond acceptors (Lipinski definition) is 7. The summed E-state index contributed by atoms with van der Waals surface area (Å²) in [5.41, 5.74) is 0.989. The summed E-state index contributed by atoms with van der Waals surface area (Å²) in [7, 11) is -3.28. The fourth-order valence-electron chi connectivity index (χ4n) is 2.70. The van der Waals surface area contributed by atoms with Crippen molar-refractivity contribution in [1.29, 1.82) is 0 Å². The lowest BCUT2D eigenvalue weighted by Gasteiger charge is -2.46. The molecule has 1 fully saturated rings. The average molecular weight is 423 g/mol. The quantitative estimate of drug-likeness (QED) is 0.755. The number of benzene rings is 1. The molecule has 1 aliphatic rings. The summed E-state index contributed by atoms with van der Waals surface area (Å²) >= 11 is 1.60. The van der Waals surface area contributed by atoms with E-state index in [1.165, 1.54) is 12.1 Å². The molecule has 0 spiro atoms. The Morgan fingerprint density at radius 2 is 1.67 bits per heavy atom. The topological polar surface area (TPSA) is 69.1 Å². The molecule has 2 heterocycles. The molecule has 0 atom stereocenters. The van der Waals surface area contributed by atoms with E-state index >= 15 is 0 Å². The molecule has 0 amide bonds. The van der Waals surface area contributed by atoms with Gasteiger partial charge >= 0.3 is 6.36 Å². The van der Waals surface area contributed by atoms with Gasteiger partial charge < -0.3 is 9.64 Å². The number of hydrogen-bond donors (Lipinski definition) is 2. The minimum atomic E-state index is -4.78. The van der Waals surface area contributed by atoms with Crippen molar-refractivity contribution in [2.24, 2.45) is 0 Å². The van der Waals surface area contributed by atoms with Gasteiger partial charge in [0, 0.05) is 31.1 Å². The zero-order chi connectivity index (χ0) is 19.8. The number of thiazole rings is 1. The number of aryl methyl sites for hydroxylation is 2. The third-order valence-electron chi connectivity index (χ3n) is 4.26. The van der Waals surface area contributed by atoms with E-state index < -0.39 is 22.9 Å². The Morgan fingerprint density at radius 3 is 2.15 bits per heavy atom. The van der Waals surface area contributed by atoms with Gasteiger partial charge in [-0.25, -0.2) is 4.98 Å². The standard InChI is InChI=1S/C16H20F3N3O3S2/c1-11-12(2)26-15(20-11)21-7-9-22(10-8-21)27(23,24)14-5-3-13(4-6-14)25-16(17,18)19/h3-6,23-24H,7-10H2,1-2H3. The molecule has 1 aromatic carbocycles. The highest BCUT2D eigenvalue weighted by Crippen LogP contribution is 2.52. The predicted molar refractivity (Wildman–Crippen MR) is 99.6 cm³/mol. The predicted octanol–water partition coefficient (Wildman–Crippen LogP) is 4.51. The van der Waals surface area contributed by atoms with Gasteiger partial charge in [0.15, 0.2) is 5.13 Å². The lowest BCUT2D eigenvalue weighted by atomic mass is 10.3. The third kappa shape index (κ3) is 4.66. The second-order valence-electron chi connectivity index (χ2n) is 6.09. The molecule has 0 unspecified atom stereocenters. The van der Waals surface area contributed by atoms with Crippen molar-refractivity contribution in [1.82, 2.24) is 9.29 Å². The van der Waals surface area contributed by atoms with E-state index in [2.05, 4.69) is 14.6 Å². The molecular weight excluding hydrogens is 403 g/mol. The van der Waals surface area contributed by atoms with Crippen molar-refractivity contribution in [2.75, 3.05) is 31.1 Å². The van der Waals surface area contributed by atoms with Crippen LogP contribution in [0.3, 0.4) is 0 Å².